The van der Waals surface area contributed by atoms with Gasteiger partial charge in [-0.2, -0.15) is 0 Å². The van der Waals surface area contributed by atoms with Crippen molar-refractivity contribution in [3.63, 3.8) is 0 Å². The lowest BCUT2D eigenvalue weighted by Crippen LogP contribution is -2.35. The third-order valence-electron chi connectivity index (χ3n) is 3.39. The Kier molecular flexibility index (Phi) is 10.7. The van der Waals surface area contributed by atoms with E-state index in [9.17, 15) is 9.36 Å². The molecule has 0 aromatic rings. The van der Waals surface area contributed by atoms with Crippen molar-refractivity contribution in [3.05, 3.63) is 12.2 Å². The number of hydrogen-bond acceptors (Lipinski definition) is 4. The molecule has 0 aliphatic carbocycles. The van der Waals surface area contributed by atoms with Gasteiger partial charge in [-0.15, -0.1) is 0 Å². The summed E-state index contributed by atoms with van der Waals surface area (Å²) in [7, 11) is 1.75. The lowest BCUT2D eigenvalue weighted by atomic mass is 10.1. The van der Waals surface area contributed by atoms with Gasteiger partial charge in [0, 0.05) is 5.57 Å². The number of phosphoric ester groups is 1. The molecule has 0 rings (SSSR count). The van der Waals surface area contributed by atoms with Crippen LogP contribution in [0.2, 0.25) is 0 Å². The first-order valence-corrected chi connectivity index (χ1v) is 9.81. The van der Waals surface area contributed by atoms with E-state index in [1.165, 1.54) is 0 Å². The van der Waals surface area contributed by atoms with Crippen LogP contribution in [0.3, 0.4) is 0 Å². The standard InChI is InChI=1S/C16H32NO6P/c1-14(2)16(18)22-13-8-6-7-10-15(23-24(19,20)21)11-9-12-17(3,4)5/h15H,1,6-13H2,2-5H3,(H-,19,20,21)/p+1. The van der Waals surface area contributed by atoms with Crippen LogP contribution in [-0.2, 0) is 18.6 Å². The number of hydrogen-bond donors (Lipinski definition) is 2. The van der Waals surface area contributed by atoms with Crippen LogP contribution < -0.4 is 0 Å². The van der Waals surface area contributed by atoms with E-state index in [0.717, 1.165) is 30.3 Å². The Bertz CT molecular complexity index is 440. The summed E-state index contributed by atoms with van der Waals surface area (Å²) in [6, 6.07) is 0. The highest BCUT2D eigenvalue weighted by Crippen LogP contribution is 2.39. The van der Waals surface area contributed by atoms with Gasteiger partial charge < -0.3 is 19.0 Å². The first-order valence-electron chi connectivity index (χ1n) is 8.28. The summed E-state index contributed by atoms with van der Waals surface area (Å²) in [5.74, 6) is -0.391. The van der Waals surface area contributed by atoms with Gasteiger partial charge in [0.1, 0.15) is 0 Å². The normalized spacial score (nSPS) is 13.6. The minimum atomic E-state index is -4.47. The summed E-state index contributed by atoms with van der Waals surface area (Å²) in [5, 5.41) is 0. The van der Waals surface area contributed by atoms with E-state index in [2.05, 4.69) is 27.7 Å². The molecule has 0 saturated carbocycles. The van der Waals surface area contributed by atoms with E-state index in [1.807, 2.05) is 0 Å². The minimum absolute atomic E-state index is 0.331. The molecule has 0 fully saturated rings. The van der Waals surface area contributed by atoms with Gasteiger partial charge in [-0.25, -0.2) is 9.36 Å². The van der Waals surface area contributed by atoms with Gasteiger partial charge in [0.2, 0.25) is 0 Å². The highest BCUT2D eigenvalue weighted by Gasteiger charge is 2.22. The van der Waals surface area contributed by atoms with Crippen LogP contribution in [0.15, 0.2) is 12.2 Å². The molecule has 0 amide bonds. The van der Waals surface area contributed by atoms with E-state index >= 15 is 0 Å². The van der Waals surface area contributed by atoms with E-state index < -0.39 is 19.9 Å². The van der Waals surface area contributed by atoms with Crippen LogP contribution in [0.4, 0.5) is 0 Å². The number of carbonyl (C=O) groups is 1. The lowest BCUT2D eigenvalue weighted by Gasteiger charge is -2.25. The Hall–Kier alpha value is -0.720. The number of ether oxygens (including phenoxy) is 1. The summed E-state index contributed by atoms with van der Waals surface area (Å²) >= 11 is 0. The molecule has 0 heterocycles. The zero-order chi connectivity index (χ0) is 18.8. The number of esters is 1. The lowest BCUT2D eigenvalue weighted by molar-refractivity contribution is -0.870. The predicted molar refractivity (Wildman–Crippen MR) is 93.3 cm³/mol. The number of unbranched alkanes of at least 4 members (excludes halogenated alkanes) is 2. The molecule has 2 N–H and O–H groups in total. The molecule has 8 heteroatoms. The second kappa shape index (κ2) is 11.0. The molecule has 7 nitrogen and oxygen atoms in total. The maximum Gasteiger partial charge on any atom is 0.469 e. The molecular formula is C16H33NO6P+. The van der Waals surface area contributed by atoms with Crippen molar-refractivity contribution in [2.24, 2.45) is 0 Å². The summed E-state index contributed by atoms with van der Waals surface area (Å²) in [6.45, 7) is 6.35. The number of rotatable bonds is 13. The van der Waals surface area contributed by atoms with Crippen LogP contribution in [0.1, 0.15) is 45.4 Å². The van der Waals surface area contributed by atoms with Gasteiger partial charge in [-0.1, -0.05) is 13.0 Å². The highest BCUT2D eigenvalue weighted by molar-refractivity contribution is 7.46. The van der Waals surface area contributed by atoms with Crippen molar-refractivity contribution in [2.75, 3.05) is 34.3 Å². The molecule has 0 aliphatic heterocycles. The maximum absolute atomic E-state index is 11.2. The van der Waals surface area contributed by atoms with Gasteiger partial charge in [0.25, 0.3) is 0 Å². The Morgan fingerprint density at radius 3 is 2.21 bits per heavy atom. The second-order valence-corrected chi connectivity index (χ2v) is 8.33. The van der Waals surface area contributed by atoms with Gasteiger partial charge in [0.05, 0.1) is 40.4 Å². The second-order valence-electron chi connectivity index (χ2n) is 7.14. The van der Waals surface area contributed by atoms with Gasteiger partial charge >= 0.3 is 13.8 Å². The Morgan fingerprint density at radius 2 is 1.71 bits per heavy atom. The number of carbonyl (C=O) groups excluding carboxylic acids is 1. The van der Waals surface area contributed by atoms with E-state index in [-0.39, 0.29) is 0 Å². The quantitative estimate of drug-likeness (QED) is 0.171. The van der Waals surface area contributed by atoms with Crippen LogP contribution in [-0.4, -0.2) is 60.6 Å². The van der Waals surface area contributed by atoms with Gasteiger partial charge in [-0.05, 0) is 39.0 Å². The van der Waals surface area contributed by atoms with Crippen LogP contribution in [0.5, 0.6) is 0 Å². The van der Waals surface area contributed by atoms with Gasteiger partial charge in [-0.3, -0.25) is 4.52 Å². The molecule has 1 atom stereocenters. The fourth-order valence-corrected chi connectivity index (χ4v) is 2.78. The van der Waals surface area contributed by atoms with Crippen LogP contribution in [0, 0.1) is 0 Å². The number of nitrogens with zero attached hydrogens (tertiary/aromatic N) is 1. The van der Waals surface area contributed by atoms with E-state index in [1.54, 1.807) is 6.92 Å². The van der Waals surface area contributed by atoms with Crippen molar-refractivity contribution in [1.29, 1.82) is 0 Å². The van der Waals surface area contributed by atoms with Crippen molar-refractivity contribution in [1.82, 2.24) is 0 Å². The van der Waals surface area contributed by atoms with Crippen molar-refractivity contribution < 1.29 is 32.9 Å². The summed E-state index contributed by atoms with van der Waals surface area (Å²) in [5.41, 5.74) is 0.377. The SMILES string of the molecule is C=C(C)C(=O)OCCCCCC(CCC[N+](C)(C)C)OP(=O)(O)O. The molecule has 0 aromatic carbocycles. The van der Waals surface area contributed by atoms with Crippen LogP contribution in [0.25, 0.3) is 0 Å². The summed E-state index contributed by atoms with van der Waals surface area (Å²) < 4.78 is 21.8. The number of phosphoric acid groups is 1. The average Bonchev–Trinajstić information content (AvgIpc) is 2.38. The van der Waals surface area contributed by atoms with Crippen molar-refractivity contribution >= 4 is 13.8 Å². The average molecular weight is 366 g/mol. The molecule has 0 saturated heterocycles. The fourth-order valence-electron chi connectivity index (χ4n) is 2.18. The monoisotopic (exact) mass is 366 g/mol. The zero-order valence-corrected chi connectivity index (χ0v) is 16.3. The Morgan fingerprint density at radius 1 is 1.12 bits per heavy atom. The number of quaternary nitrogens is 1. The first-order chi connectivity index (χ1) is 10.9. The molecule has 0 aliphatic rings. The Balaban J connectivity index is 4.06. The third-order valence-corrected chi connectivity index (χ3v) is 3.97. The largest absolute Gasteiger partial charge is 0.469 e. The van der Waals surface area contributed by atoms with E-state index in [0.29, 0.717) is 31.4 Å². The van der Waals surface area contributed by atoms with Crippen molar-refractivity contribution in [3.8, 4) is 0 Å². The molecular weight excluding hydrogens is 333 g/mol. The molecule has 0 aromatic heterocycles. The fraction of sp³-hybridized carbons (Fsp3) is 0.812. The molecule has 1 unspecified atom stereocenters. The maximum atomic E-state index is 11.2. The van der Waals surface area contributed by atoms with E-state index in [4.69, 9.17) is 19.0 Å². The molecule has 142 valence electrons. The zero-order valence-electron chi connectivity index (χ0n) is 15.4. The van der Waals surface area contributed by atoms with Crippen molar-refractivity contribution in [2.45, 2.75) is 51.6 Å². The minimum Gasteiger partial charge on any atom is -0.462 e. The van der Waals surface area contributed by atoms with Crippen LogP contribution >= 0.6 is 7.82 Å². The summed E-state index contributed by atoms with van der Waals surface area (Å²) in [4.78, 5) is 29.3. The summed E-state index contributed by atoms with van der Waals surface area (Å²) in [6.07, 6.45) is 3.86. The first kappa shape index (κ1) is 23.3. The predicted octanol–water partition coefficient (Wildman–Crippen LogP) is 2.63. The molecule has 0 bridgehead atoms. The Labute approximate surface area is 145 Å². The molecule has 0 spiro atoms. The third kappa shape index (κ3) is 14.8. The van der Waals surface area contributed by atoms with Gasteiger partial charge in [0.15, 0.2) is 0 Å². The topological polar surface area (TPSA) is 93.1 Å². The highest BCUT2D eigenvalue weighted by atomic mass is 31.2. The molecule has 0 radical (unpaired) electrons. The smallest absolute Gasteiger partial charge is 0.462 e. The molecule has 24 heavy (non-hydrogen) atoms.